The smallest absolute Gasteiger partial charge is 0.0194 e. The van der Waals surface area contributed by atoms with Crippen LogP contribution in [0.2, 0.25) is 0 Å². The minimum absolute atomic E-state index is 0.374. The summed E-state index contributed by atoms with van der Waals surface area (Å²) in [4.78, 5) is 2.41. The Labute approximate surface area is 93.4 Å². The largest absolute Gasteiger partial charge is 0.326 e. The third-order valence-corrected chi connectivity index (χ3v) is 4.12. The number of hydrogen-bond donors (Lipinski definition) is 2. The Morgan fingerprint density at radius 3 is 2.47 bits per heavy atom. The van der Waals surface area contributed by atoms with Crippen LogP contribution < -0.4 is 11.1 Å². The van der Waals surface area contributed by atoms with Crippen molar-refractivity contribution in [3.05, 3.63) is 0 Å². The zero-order valence-electron chi connectivity index (χ0n) is 9.91. The maximum Gasteiger partial charge on any atom is 0.0194 e. The third-order valence-electron chi connectivity index (χ3n) is 4.12. The summed E-state index contributed by atoms with van der Waals surface area (Å²) in [5.41, 5.74) is 6.24. The number of piperidine rings is 1. The van der Waals surface area contributed by atoms with E-state index in [2.05, 4.69) is 17.3 Å². The van der Waals surface area contributed by atoms with E-state index < -0.39 is 0 Å². The van der Waals surface area contributed by atoms with Crippen molar-refractivity contribution in [3.63, 3.8) is 0 Å². The number of nitrogens with two attached hydrogens (primary N) is 1. The molecule has 0 amide bonds. The lowest BCUT2D eigenvalue weighted by Gasteiger charge is -2.34. The van der Waals surface area contributed by atoms with Gasteiger partial charge < -0.3 is 16.0 Å². The van der Waals surface area contributed by atoms with Gasteiger partial charge in [0.2, 0.25) is 0 Å². The monoisotopic (exact) mass is 211 g/mol. The van der Waals surface area contributed by atoms with E-state index in [1.54, 1.807) is 0 Å². The van der Waals surface area contributed by atoms with E-state index in [1.165, 1.54) is 45.2 Å². The lowest BCUT2D eigenvalue weighted by molar-refractivity contribution is 0.192. The highest BCUT2D eigenvalue weighted by Gasteiger charge is 2.24. The first kappa shape index (κ1) is 11.4. The number of rotatable bonds is 4. The van der Waals surface area contributed by atoms with Gasteiger partial charge in [-0.15, -0.1) is 0 Å². The fourth-order valence-corrected chi connectivity index (χ4v) is 2.54. The molecule has 1 saturated heterocycles. The Kier molecular flexibility index (Phi) is 4.00. The SMILES string of the molecule is CN1CCC(C(N)CNC2CCC2)CC1. The van der Waals surface area contributed by atoms with E-state index in [-0.39, 0.29) is 0 Å². The van der Waals surface area contributed by atoms with Crippen molar-refractivity contribution in [2.45, 2.75) is 44.2 Å². The summed E-state index contributed by atoms with van der Waals surface area (Å²) < 4.78 is 0. The molecule has 2 aliphatic rings. The average Bonchev–Trinajstić information content (AvgIpc) is 2.16. The average molecular weight is 211 g/mol. The summed E-state index contributed by atoms with van der Waals surface area (Å²) in [5, 5.41) is 3.59. The quantitative estimate of drug-likeness (QED) is 0.722. The Morgan fingerprint density at radius 1 is 1.27 bits per heavy atom. The molecule has 0 radical (unpaired) electrons. The van der Waals surface area contributed by atoms with Crippen molar-refractivity contribution in [1.82, 2.24) is 10.2 Å². The molecule has 3 nitrogen and oxygen atoms in total. The summed E-state index contributed by atoms with van der Waals surface area (Å²) in [6.07, 6.45) is 6.69. The second-order valence-electron chi connectivity index (χ2n) is 5.34. The maximum atomic E-state index is 6.24. The van der Waals surface area contributed by atoms with Gasteiger partial charge in [0.25, 0.3) is 0 Å². The van der Waals surface area contributed by atoms with E-state index in [9.17, 15) is 0 Å². The Hall–Kier alpha value is -0.120. The molecular weight excluding hydrogens is 186 g/mol. The molecule has 1 atom stereocenters. The van der Waals surface area contributed by atoms with Crippen LogP contribution in [0.5, 0.6) is 0 Å². The van der Waals surface area contributed by atoms with Gasteiger partial charge in [-0.05, 0) is 51.7 Å². The van der Waals surface area contributed by atoms with Crippen molar-refractivity contribution in [3.8, 4) is 0 Å². The molecule has 0 aromatic carbocycles. The highest BCUT2D eigenvalue weighted by atomic mass is 15.1. The normalized spacial score (nSPS) is 27.6. The number of nitrogens with one attached hydrogen (secondary N) is 1. The molecule has 2 rings (SSSR count). The van der Waals surface area contributed by atoms with E-state index >= 15 is 0 Å². The van der Waals surface area contributed by atoms with Crippen LogP contribution in [0.3, 0.4) is 0 Å². The molecular formula is C12H25N3. The van der Waals surface area contributed by atoms with E-state index in [0.717, 1.165) is 18.5 Å². The van der Waals surface area contributed by atoms with Gasteiger partial charge >= 0.3 is 0 Å². The van der Waals surface area contributed by atoms with Crippen LogP contribution >= 0.6 is 0 Å². The lowest BCUT2D eigenvalue weighted by Crippen LogP contribution is -2.48. The van der Waals surface area contributed by atoms with Crippen LogP contribution in [0.25, 0.3) is 0 Å². The molecule has 0 aromatic rings. The number of nitrogens with zero attached hydrogens (tertiary/aromatic N) is 1. The zero-order chi connectivity index (χ0) is 10.7. The van der Waals surface area contributed by atoms with Gasteiger partial charge in [0.15, 0.2) is 0 Å². The summed E-state index contributed by atoms with van der Waals surface area (Å²) in [5.74, 6) is 0.744. The molecule has 0 bridgehead atoms. The van der Waals surface area contributed by atoms with Gasteiger partial charge in [-0.3, -0.25) is 0 Å². The van der Waals surface area contributed by atoms with E-state index in [1.807, 2.05) is 0 Å². The maximum absolute atomic E-state index is 6.24. The van der Waals surface area contributed by atoms with Crippen molar-refractivity contribution in [2.75, 3.05) is 26.7 Å². The van der Waals surface area contributed by atoms with Crippen LogP contribution in [0.1, 0.15) is 32.1 Å². The van der Waals surface area contributed by atoms with Gasteiger partial charge in [0.1, 0.15) is 0 Å². The van der Waals surface area contributed by atoms with E-state index in [4.69, 9.17) is 5.73 Å². The minimum Gasteiger partial charge on any atom is -0.326 e. The zero-order valence-corrected chi connectivity index (χ0v) is 9.91. The Morgan fingerprint density at radius 2 is 1.93 bits per heavy atom. The lowest BCUT2D eigenvalue weighted by atomic mass is 9.88. The highest BCUT2D eigenvalue weighted by Crippen LogP contribution is 2.20. The molecule has 88 valence electrons. The summed E-state index contributed by atoms with van der Waals surface area (Å²) >= 11 is 0. The van der Waals surface area contributed by atoms with Gasteiger partial charge in [-0.1, -0.05) is 6.42 Å². The minimum atomic E-state index is 0.374. The first-order valence-corrected chi connectivity index (χ1v) is 6.43. The molecule has 1 aliphatic carbocycles. The van der Waals surface area contributed by atoms with Crippen molar-refractivity contribution < 1.29 is 0 Å². The van der Waals surface area contributed by atoms with Gasteiger partial charge in [-0.2, -0.15) is 0 Å². The van der Waals surface area contributed by atoms with Gasteiger partial charge in [-0.25, -0.2) is 0 Å². The Bertz CT molecular complexity index is 183. The first-order valence-electron chi connectivity index (χ1n) is 6.43. The van der Waals surface area contributed by atoms with Crippen LogP contribution in [0.15, 0.2) is 0 Å². The first-order chi connectivity index (χ1) is 7.25. The van der Waals surface area contributed by atoms with Crippen molar-refractivity contribution in [2.24, 2.45) is 11.7 Å². The predicted octanol–water partition coefficient (Wildman–Crippen LogP) is 0.798. The Balaban J connectivity index is 1.63. The fraction of sp³-hybridized carbons (Fsp3) is 1.00. The summed E-state index contributed by atoms with van der Waals surface area (Å²) in [6, 6.07) is 1.15. The van der Waals surface area contributed by atoms with E-state index in [0.29, 0.717) is 6.04 Å². The molecule has 1 aliphatic heterocycles. The van der Waals surface area contributed by atoms with Gasteiger partial charge in [0, 0.05) is 18.6 Å². The predicted molar refractivity (Wildman–Crippen MR) is 63.8 cm³/mol. The third kappa shape index (κ3) is 3.16. The van der Waals surface area contributed by atoms with Crippen molar-refractivity contribution >= 4 is 0 Å². The second-order valence-corrected chi connectivity index (χ2v) is 5.34. The van der Waals surface area contributed by atoms with Crippen LogP contribution in [0, 0.1) is 5.92 Å². The molecule has 1 heterocycles. The molecule has 1 saturated carbocycles. The molecule has 0 aromatic heterocycles. The molecule has 2 fully saturated rings. The molecule has 3 N–H and O–H groups in total. The van der Waals surface area contributed by atoms with Crippen LogP contribution in [0.4, 0.5) is 0 Å². The number of hydrogen-bond acceptors (Lipinski definition) is 3. The standard InChI is InChI=1S/C12H25N3/c1-15-7-5-10(6-8-15)12(13)9-14-11-3-2-4-11/h10-12,14H,2-9,13H2,1H3. The molecule has 1 unspecified atom stereocenters. The number of likely N-dealkylation sites (tertiary alicyclic amines) is 1. The topological polar surface area (TPSA) is 41.3 Å². The summed E-state index contributed by atoms with van der Waals surface area (Å²) in [6.45, 7) is 3.47. The van der Waals surface area contributed by atoms with Crippen LogP contribution in [-0.4, -0.2) is 43.7 Å². The molecule has 3 heteroatoms. The second kappa shape index (κ2) is 5.28. The van der Waals surface area contributed by atoms with Crippen LogP contribution in [-0.2, 0) is 0 Å². The molecule has 15 heavy (non-hydrogen) atoms. The van der Waals surface area contributed by atoms with Crippen molar-refractivity contribution in [1.29, 1.82) is 0 Å². The van der Waals surface area contributed by atoms with Gasteiger partial charge in [0.05, 0.1) is 0 Å². The molecule has 0 spiro atoms. The fourth-order valence-electron chi connectivity index (χ4n) is 2.54. The highest BCUT2D eigenvalue weighted by molar-refractivity contribution is 4.83. The summed E-state index contributed by atoms with van der Waals surface area (Å²) in [7, 11) is 2.20.